The summed E-state index contributed by atoms with van der Waals surface area (Å²) >= 11 is 0. The summed E-state index contributed by atoms with van der Waals surface area (Å²) in [6.45, 7) is 2.26. The Labute approximate surface area is 127 Å². The quantitative estimate of drug-likeness (QED) is 0.624. The SMILES string of the molecule is CCC1CCC(C(Cc2cccc(OC)c2F)NN)CC1. The number of nitrogens with one attached hydrogen (secondary N) is 1. The van der Waals surface area contributed by atoms with Crippen LogP contribution in [0.25, 0.3) is 0 Å². The van der Waals surface area contributed by atoms with E-state index in [1.165, 1.54) is 39.2 Å². The van der Waals surface area contributed by atoms with Crippen molar-refractivity contribution in [1.82, 2.24) is 5.43 Å². The fourth-order valence-corrected chi connectivity index (χ4v) is 3.47. The number of nitrogens with two attached hydrogens (primary N) is 1. The molecule has 0 aliphatic heterocycles. The van der Waals surface area contributed by atoms with Gasteiger partial charge in [0.2, 0.25) is 0 Å². The molecule has 1 aliphatic carbocycles. The van der Waals surface area contributed by atoms with Crippen molar-refractivity contribution in [3.63, 3.8) is 0 Å². The zero-order valence-corrected chi connectivity index (χ0v) is 13.1. The maximum atomic E-state index is 14.3. The summed E-state index contributed by atoms with van der Waals surface area (Å²) in [6, 6.07) is 5.43. The van der Waals surface area contributed by atoms with Crippen molar-refractivity contribution in [3.05, 3.63) is 29.6 Å². The van der Waals surface area contributed by atoms with E-state index in [1.807, 2.05) is 12.1 Å². The Morgan fingerprint density at radius 3 is 2.62 bits per heavy atom. The third-order valence-electron chi connectivity index (χ3n) is 4.95. The Kier molecular flexibility index (Phi) is 6.00. The van der Waals surface area contributed by atoms with E-state index < -0.39 is 0 Å². The lowest BCUT2D eigenvalue weighted by Crippen LogP contribution is -2.43. The molecule has 1 aliphatic rings. The van der Waals surface area contributed by atoms with Gasteiger partial charge in [0, 0.05) is 6.04 Å². The third kappa shape index (κ3) is 3.95. The summed E-state index contributed by atoms with van der Waals surface area (Å²) in [5, 5.41) is 0. The van der Waals surface area contributed by atoms with E-state index in [9.17, 15) is 4.39 Å². The first kappa shape index (κ1) is 16.2. The van der Waals surface area contributed by atoms with Crippen LogP contribution in [0.5, 0.6) is 5.75 Å². The number of benzene rings is 1. The monoisotopic (exact) mass is 294 g/mol. The highest BCUT2D eigenvalue weighted by Crippen LogP contribution is 2.33. The van der Waals surface area contributed by atoms with E-state index >= 15 is 0 Å². The van der Waals surface area contributed by atoms with Crippen LogP contribution < -0.4 is 16.0 Å². The number of halogens is 1. The molecule has 0 spiro atoms. The van der Waals surface area contributed by atoms with E-state index in [0.29, 0.717) is 23.7 Å². The van der Waals surface area contributed by atoms with Gasteiger partial charge in [-0.25, -0.2) is 4.39 Å². The second-order valence-corrected chi connectivity index (χ2v) is 6.10. The molecular weight excluding hydrogens is 267 g/mol. The second kappa shape index (κ2) is 7.76. The number of rotatable bonds is 6. The molecular formula is C17H27FN2O. The van der Waals surface area contributed by atoms with Gasteiger partial charge in [0.25, 0.3) is 0 Å². The molecule has 0 saturated heterocycles. The minimum Gasteiger partial charge on any atom is -0.494 e. The average Bonchev–Trinajstić information content (AvgIpc) is 2.54. The molecule has 0 heterocycles. The average molecular weight is 294 g/mol. The molecule has 0 amide bonds. The van der Waals surface area contributed by atoms with Gasteiger partial charge in [-0.3, -0.25) is 11.3 Å². The Morgan fingerprint density at radius 2 is 2.05 bits per heavy atom. The molecule has 3 N–H and O–H groups in total. The van der Waals surface area contributed by atoms with Gasteiger partial charge in [0.15, 0.2) is 11.6 Å². The lowest BCUT2D eigenvalue weighted by Gasteiger charge is -2.33. The van der Waals surface area contributed by atoms with Crippen molar-refractivity contribution >= 4 is 0 Å². The zero-order valence-electron chi connectivity index (χ0n) is 13.1. The number of ether oxygens (including phenoxy) is 1. The summed E-state index contributed by atoms with van der Waals surface area (Å²) < 4.78 is 19.3. The highest BCUT2D eigenvalue weighted by Gasteiger charge is 2.27. The number of hydrogen-bond acceptors (Lipinski definition) is 3. The van der Waals surface area contributed by atoms with Crippen LogP contribution in [0.3, 0.4) is 0 Å². The molecule has 3 nitrogen and oxygen atoms in total. The van der Waals surface area contributed by atoms with Gasteiger partial charge >= 0.3 is 0 Å². The third-order valence-corrected chi connectivity index (χ3v) is 4.95. The smallest absolute Gasteiger partial charge is 0.168 e. The molecule has 1 unspecified atom stereocenters. The van der Waals surface area contributed by atoms with Gasteiger partial charge in [-0.2, -0.15) is 0 Å². The standard InChI is InChI=1S/C17H27FN2O/c1-3-12-7-9-13(10-8-12)15(20-19)11-14-5-4-6-16(21-2)17(14)18/h4-6,12-13,15,20H,3,7-11,19H2,1-2H3. The number of hydrogen-bond donors (Lipinski definition) is 2. The molecule has 0 radical (unpaired) electrons. The summed E-state index contributed by atoms with van der Waals surface area (Å²) in [7, 11) is 1.49. The molecule has 0 bridgehead atoms. The maximum Gasteiger partial charge on any atom is 0.168 e. The van der Waals surface area contributed by atoms with Crippen molar-refractivity contribution in [2.45, 2.75) is 51.5 Å². The molecule has 1 saturated carbocycles. The second-order valence-electron chi connectivity index (χ2n) is 6.10. The molecule has 2 rings (SSSR count). The molecule has 1 aromatic rings. The minimum atomic E-state index is -0.262. The van der Waals surface area contributed by atoms with E-state index in [-0.39, 0.29) is 11.9 Å². The lowest BCUT2D eigenvalue weighted by molar-refractivity contribution is 0.216. The summed E-state index contributed by atoms with van der Waals surface area (Å²) in [6.07, 6.45) is 6.76. The Bertz CT molecular complexity index is 444. The van der Waals surface area contributed by atoms with Crippen molar-refractivity contribution in [2.75, 3.05) is 7.11 Å². The topological polar surface area (TPSA) is 47.3 Å². The van der Waals surface area contributed by atoms with Gasteiger partial charge in [-0.1, -0.05) is 38.3 Å². The first-order valence-corrected chi connectivity index (χ1v) is 7.97. The van der Waals surface area contributed by atoms with Crippen LogP contribution in [0, 0.1) is 17.7 Å². The van der Waals surface area contributed by atoms with E-state index in [1.54, 1.807) is 6.07 Å². The van der Waals surface area contributed by atoms with Crippen LogP contribution in [0.15, 0.2) is 18.2 Å². The van der Waals surface area contributed by atoms with E-state index in [4.69, 9.17) is 10.6 Å². The van der Waals surface area contributed by atoms with Crippen LogP contribution in [0.2, 0.25) is 0 Å². The van der Waals surface area contributed by atoms with Crippen molar-refractivity contribution in [1.29, 1.82) is 0 Å². The van der Waals surface area contributed by atoms with Gasteiger partial charge in [-0.05, 0) is 42.7 Å². The fourth-order valence-electron chi connectivity index (χ4n) is 3.47. The highest BCUT2D eigenvalue weighted by molar-refractivity contribution is 5.31. The van der Waals surface area contributed by atoms with Gasteiger partial charge < -0.3 is 4.74 Å². The molecule has 4 heteroatoms. The lowest BCUT2D eigenvalue weighted by atomic mass is 9.76. The number of hydrazine groups is 1. The van der Waals surface area contributed by atoms with Crippen LogP contribution >= 0.6 is 0 Å². The largest absolute Gasteiger partial charge is 0.494 e. The van der Waals surface area contributed by atoms with Crippen molar-refractivity contribution in [2.24, 2.45) is 17.7 Å². The minimum absolute atomic E-state index is 0.129. The zero-order chi connectivity index (χ0) is 15.2. The fraction of sp³-hybridized carbons (Fsp3) is 0.647. The molecule has 21 heavy (non-hydrogen) atoms. The van der Waals surface area contributed by atoms with Crippen LogP contribution in [-0.2, 0) is 6.42 Å². The normalized spacial score (nSPS) is 23.8. The first-order chi connectivity index (χ1) is 10.2. The molecule has 1 aromatic carbocycles. The van der Waals surface area contributed by atoms with E-state index in [2.05, 4.69) is 12.3 Å². The summed E-state index contributed by atoms with van der Waals surface area (Å²) in [5.74, 6) is 7.16. The van der Waals surface area contributed by atoms with Crippen LogP contribution in [-0.4, -0.2) is 13.2 Å². The Balaban J connectivity index is 2.03. The first-order valence-electron chi connectivity index (χ1n) is 7.97. The van der Waals surface area contributed by atoms with Crippen LogP contribution in [0.4, 0.5) is 4.39 Å². The maximum absolute atomic E-state index is 14.3. The highest BCUT2D eigenvalue weighted by atomic mass is 19.1. The van der Waals surface area contributed by atoms with Gasteiger partial charge in [0.1, 0.15) is 0 Å². The van der Waals surface area contributed by atoms with Crippen molar-refractivity contribution in [3.8, 4) is 5.75 Å². The predicted octanol–water partition coefficient (Wildman–Crippen LogP) is 3.43. The molecule has 1 atom stereocenters. The number of methoxy groups -OCH3 is 1. The van der Waals surface area contributed by atoms with Crippen molar-refractivity contribution < 1.29 is 9.13 Å². The molecule has 118 valence electrons. The summed E-state index contributed by atoms with van der Waals surface area (Å²) in [4.78, 5) is 0. The summed E-state index contributed by atoms with van der Waals surface area (Å²) in [5.41, 5.74) is 3.59. The Morgan fingerprint density at radius 1 is 1.33 bits per heavy atom. The molecule has 1 fully saturated rings. The van der Waals surface area contributed by atoms with Crippen LogP contribution in [0.1, 0.15) is 44.6 Å². The Hall–Kier alpha value is -1.13. The van der Waals surface area contributed by atoms with E-state index in [0.717, 1.165) is 5.92 Å². The predicted molar refractivity (Wildman–Crippen MR) is 83.5 cm³/mol. The van der Waals surface area contributed by atoms with Gasteiger partial charge in [0.05, 0.1) is 7.11 Å². The molecule has 0 aromatic heterocycles. The van der Waals surface area contributed by atoms with Gasteiger partial charge in [-0.15, -0.1) is 0 Å².